The standard InChI is InChI=1S/C10H9BrO3/c1-6(12)7-4-3-5-8(9(7)11)10(13)14-2/h3-5H,1-2H3. The van der Waals surface area contributed by atoms with Gasteiger partial charge >= 0.3 is 5.97 Å². The Morgan fingerprint density at radius 3 is 2.36 bits per heavy atom. The zero-order valence-corrected chi connectivity index (χ0v) is 9.42. The second-order valence-corrected chi connectivity index (χ2v) is 3.51. The number of ether oxygens (including phenoxy) is 1. The number of ketones is 1. The number of hydrogen-bond donors (Lipinski definition) is 0. The highest BCUT2D eigenvalue weighted by Gasteiger charge is 2.14. The fourth-order valence-electron chi connectivity index (χ4n) is 1.07. The van der Waals surface area contributed by atoms with E-state index in [4.69, 9.17) is 0 Å². The molecule has 0 aliphatic heterocycles. The maximum atomic E-state index is 11.2. The van der Waals surface area contributed by atoms with Crippen LogP contribution in [0.1, 0.15) is 27.6 Å². The topological polar surface area (TPSA) is 43.4 Å². The van der Waals surface area contributed by atoms with E-state index in [0.29, 0.717) is 15.6 Å². The van der Waals surface area contributed by atoms with Crippen molar-refractivity contribution in [3.05, 3.63) is 33.8 Å². The molecule has 74 valence electrons. The highest BCUT2D eigenvalue weighted by molar-refractivity contribution is 9.10. The van der Waals surface area contributed by atoms with Crippen LogP contribution in [-0.2, 0) is 4.74 Å². The van der Waals surface area contributed by atoms with Gasteiger partial charge < -0.3 is 4.74 Å². The van der Waals surface area contributed by atoms with E-state index in [9.17, 15) is 9.59 Å². The van der Waals surface area contributed by atoms with E-state index < -0.39 is 5.97 Å². The molecule has 0 aliphatic carbocycles. The lowest BCUT2D eigenvalue weighted by Gasteiger charge is -2.05. The van der Waals surface area contributed by atoms with Gasteiger partial charge in [0.1, 0.15) is 0 Å². The molecule has 0 heterocycles. The lowest BCUT2D eigenvalue weighted by atomic mass is 10.1. The van der Waals surface area contributed by atoms with Gasteiger partial charge in [-0.1, -0.05) is 12.1 Å². The lowest BCUT2D eigenvalue weighted by molar-refractivity contribution is 0.0599. The molecule has 0 aromatic heterocycles. The Morgan fingerprint density at radius 1 is 1.29 bits per heavy atom. The number of carbonyl (C=O) groups is 2. The number of benzene rings is 1. The minimum absolute atomic E-state index is 0.0948. The zero-order valence-electron chi connectivity index (χ0n) is 7.83. The van der Waals surface area contributed by atoms with Gasteiger partial charge in [0.2, 0.25) is 0 Å². The maximum Gasteiger partial charge on any atom is 0.339 e. The molecule has 0 bridgehead atoms. The van der Waals surface area contributed by atoms with Crippen LogP contribution in [0.15, 0.2) is 22.7 Å². The first-order valence-corrected chi connectivity index (χ1v) is 4.75. The number of Topliss-reactive ketones (excluding diaryl/α,β-unsaturated/α-hetero) is 1. The summed E-state index contributed by atoms with van der Waals surface area (Å²) in [5, 5.41) is 0. The summed E-state index contributed by atoms with van der Waals surface area (Å²) in [6.45, 7) is 1.45. The number of carbonyl (C=O) groups excluding carboxylic acids is 2. The number of halogens is 1. The summed E-state index contributed by atoms with van der Waals surface area (Å²) in [7, 11) is 1.30. The Kier molecular flexibility index (Phi) is 3.41. The molecule has 1 aromatic rings. The van der Waals surface area contributed by atoms with Crippen molar-refractivity contribution in [2.24, 2.45) is 0 Å². The Bertz CT molecular complexity index is 385. The molecule has 0 saturated heterocycles. The molecule has 1 aromatic carbocycles. The van der Waals surface area contributed by atoms with Crippen molar-refractivity contribution in [1.82, 2.24) is 0 Å². The quantitative estimate of drug-likeness (QED) is 0.603. The van der Waals surface area contributed by atoms with Crippen molar-refractivity contribution in [2.45, 2.75) is 6.92 Å². The fourth-order valence-corrected chi connectivity index (χ4v) is 1.78. The summed E-state index contributed by atoms with van der Waals surface area (Å²) in [4.78, 5) is 22.4. The average molecular weight is 257 g/mol. The predicted molar refractivity (Wildman–Crippen MR) is 55.5 cm³/mol. The van der Waals surface area contributed by atoms with Crippen LogP contribution in [-0.4, -0.2) is 18.9 Å². The van der Waals surface area contributed by atoms with Gasteiger partial charge in [-0.25, -0.2) is 4.79 Å². The van der Waals surface area contributed by atoms with Crippen LogP contribution in [0.2, 0.25) is 0 Å². The Labute approximate surface area is 90.2 Å². The summed E-state index contributed by atoms with van der Waals surface area (Å²) >= 11 is 3.20. The molecule has 3 nitrogen and oxygen atoms in total. The zero-order chi connectivity index (χ0) is 10.7. The van der Waals surface area contributed by atoms with E-state index in [-0.39, 0.29) is 5.78 Å². The van der Waals surface area contributed by atoms with Crippen LogP contribution in [0, 0.1) is 0 Å². The van der Waals surface area contributed by atoms with Gasteiger partial charge in [0, 0.05) is 10.0 Å². The smallest absolute Gasteiger partial charge is 0.339 e. The largest absolute Gasteiger partial charge is 0.465 e. The van der Waals surface area contributed by atoms with Crippen molar-refractivity contribution >= 4 is 27.7 Å². The fraction of sp³-hybridized carbons (Fsp3) is 0.200. The SMILES string of the molecule is COC(=O)c1cccc(C(C)=O)c1Br. The van der Waals surface area contributed by atoms with E-state index >= 15 is 0 Å². The van der Waals surface area contributed by atoms with Crippen LogP contribution in [0.5, 0.6) is 0 Å². The molecular formula is C10H9BrO3. The number of hydrogen-bond acceptors (Lipinski definition) is 3. The third kappa shape index (κ3) is 2.01. The van der Waals surface area contributed by atoms with Gasteiger partial charge in [0.05, 0.1) is 12.7 Å². The summed E-state index contributed by atoms with van der Waals surface area (Å²) in [6, 6.07) is 4.90. The van der Waals surface area contributed by atoms with Crippen LogP contribution in [0.4, 0.5) is 0 Å². The maximum absolute atomic E-state index is 11.2. The Balaban J connectivity index is 3.27. The molecule has 0 unspecified atom stereocenters. The van der Waals surface area contributed by atoms with E-state index in [2.05, 4.69) is 20.7 Å². The molecule has 0 radical (unpaired) electrons. The molecule has 0 N–H and O–H groups in total. The van der Waals surface area contributed by atoms with Gasteiger partial charge in [-0.15, -0.1) is 0 Å². The van der Waals surface area contributed by atoms with E-state index in [1.54, 1.807) is 18.2 Å². The van der Waals surface area contributed by atoms with Gasteiger partial charge in [0.15, 0.2) is 5.78 Å². The molecule has 0 saturated carbocycles. The Hall–Kier alpha value is -1.16. The number of methoxy groups -OCH3 is 1. The molecule has 0 fully saturated rings. The van der Waals surface area contributed by atoms with Gasteiger partial charge in [-0.3, -0.25) is 4.79 Å². The second-order valence-electron chi connectivity index (χ2n) is 2.71. The average Bonchev–Trinajstić information content (AvgIpc) is 2.16. The van der Waals surface area contributed by atoms with Crippen LogP contribution in [0.3, 0.4) is 0 Å². The highest BCUT2D eigenvalue weighted by Crippen LogP contribution is 2.22. The minimum atomic E-state index is -0.458. The van der Waals surface area contributed by atoms with Gasteiger partial charge in [-0.05, 0) is 28.9 Å². The lowest BCUT2D eigenvalue weighted by Crippen LogP contribution is -2.05. The van der Waals surface area contributed by atoms with Crippen molar-refractivity contribution in [2.75, 3.05) is 7.11 Å². The Morgan fingerprint density at radius 2 is 1.86 bits per heavy atom. The van der Waals surface area contributed by atoms with Gasteiger partial charge in [-0.2, -0.15) is 0 Å². The molecule has 0 amide bonds. The normalized spacial score (nSPS) is 9.64. The predicted octanol–water partition coefficient (Wildman–Crippen LogP) is 2.44. The van der Waals surface area contributed by atoms with Crippen LogP contribution >= 0.6 is 15.9 Å². The van der Waals surface area contributed by atoms with Crippen molar-refractivity contribution in [3.8, 4) is 0 Å². The first-order chi connectivity index (χ1) is 6.57. The number of rotatable bonds is 2. The first-order valence-electron chi connectivity index (χ1n) is 3.95. The number of esters is 1. The summed E-state index contributed by atoms with van der Waals surface area (Å²) in [5.74, 6) is -0.553. The molecule has 4 heteroatoms. The molecule has 0 atom stereocenters. The third-order valence-electron chi connectivity index (χ3n) is 1.78. The molecule has 0 spiro atoms. The third-order valence-corrected chi connectivity index (χ3v) is 2.64. The summed E-state index contributed by atoms with van der Waals surface area (Å²) < 4.78 is 5.06. The van der Waals surface area contributed by atoms with Crippen molar-refractivity contribution < 1.29 is 14.3 Å². The van der Waals surface area contributed by atoms with Crippen molar-refractivity contribution in [3.63, 3.8) is 0 Å². The molecule has 1 rings (SSSR count). The minimum Gasteiger partial charge on any atom is -0.465 e. The van der Waals surface area contributed by atoms with E-state index in [1.807, 2.05) is 0 Å². The first kappa shape index (κ1) is 10.9. The highest BCUT2D eigenvalue weighted by atomic mass is 79.9. The van der Waals surface area contributed by atoms with Crippen LogP contribution < -0.4 is 0 Å². The van der Waals surface area contributed by atoms with Gasteiger partial charge in [0.25, 0.3) is 0 Å². The van der Waals surface area contributed by atoms with Crippen molar-refractivity contribution in [1.29, 1.82) is 0 Å². The molecule has 14 heavy (non-hydrogen) atoms. The summed E-state index contributed by atoms with van der Waals surface area (Å²) in [5.41, 5.74) is 0.841. The van der Waals surface area contributed by atoms with E-state index in [0.717, 1.165) is 0 Å². The second kappa shape index (κ2) is 4.37. The summed E-state index contributed by atoms with van der Waals surface area (Å²) in [6.07, 6.45) is 0. The monoisotopic (exact) mass is 256 g/mol. The van der Waals surface area contributed by atoms with E-state index in [1.165, 1.54) is 14.0 Å². The molecule has 0 aliphatic rings. The van der Waals surface area contributed by atoms with Crippen LogP contribution in [0.25, 0.3) is 0 Å². The molecular weight excluding hydrogens is 248 g/mol.